The van der Waals surface area contributed by atoms with E-state index in [1.165, 1.54) is 43.3 Å². The van der Waals surface area contributed by atoms with Gasteiger partial charge in [-0.05, 0) is 50.9 Å². The summed E-state index contributed by atoms with van der Waals surface area (Å²) >= 11 is 1.37. The predicted molar refractivity (Wildman–Crippen MR) is 88.1 cm³/mol. The second kappa shape index (κ2) is 5.70. The molecular formula is C16H21N5OS. The topological polar surface area (TPSA) is 83.6 Å². The molecule has 2 fully saturated rings. The standard InChI is InChI=1S/C16H21N5OS/c1-8(12-6-10-3-4-11(12)5-10)19-15(22)13-9(2)20-16(23-13)14-17-7-18-21-14/h7-8,10-12H,3-6H2,1-2H3,(H,19,22)(H,17,18,21)/t8-,10+,11+,12-/m1/s1. The quantitative estimate of drug-likeness (QED) is 0.902. The molecule has 0 spiro atoms. The molecule has 2 aliphatic carbocycles. The Bertz CT molecular complexity index is 710. The van der Waals surface area contributed by atoms with Crippen LogP contribution in [0.2, 0.25) is 0 Å². The van der Waals surface area contributed by atoms with Crippen LogP contribution in [0, 0.1) is 24.7 Å². The zero-order chi connectivity index (χ0) is 16.0. The number of thiazole rings is 1. The largest absolute Gasteiger partial charge is 0.349 e. The van der Waals surface area contributed by atoms with Gasteiger partial charge in [0.1, 0.15) is 11.2 Å². The molecule has 0 saturated heterocycles. The number of nitrogens with zero attached hydrogens (tertiary/aromatic N) is 3. The Morgan fingerprint density at radius 1 is 1.43 bits per heavy atom. The molecule has 4 rings (SSSR count). The number of aryl methyl sites for hydroxylation is 1. The number of aromatic amines is 1. The Morgan fingerprint density at radius 2 is 2.30 bits per heavy atom. The summed E-state index contributed by atoms with van der Waals surface area (Å²) in [5.41, 5.74) is 0.749. The van der Waals surface area contributed by atoms with E-state index in [-0.39, 0.29) is 11.9 Å². The van der Waals surface area contributed by atoms with Gasteiger partial charge < -0.3 is 5.32 Å². The highest BCUT2D eigenvalue weighted by Crippen LogP contribution is 2.49. The van der Waals surface area contributed by atoms with E-state index >= 15 is 0 Å². The Hall–Kier alpha value is -1.76. The minimum atomic E-state index is -0.0129. The highest BCUT2D eigenvalue weighted by atomic mass is 32.1. The number of hydrogen-bond acceptors (Lipinski definition) is 5. The number of nitrogens with one attached hydrogen (secondary N) is 2. The van der Waals surface area contributed by atoms with Crippen molar-refractivity contribution in [2.24, 2.45) is 17.8 Å². The molecule has 2 saturated carbocycles. The molecule has 7 heteroatoms. The highest BCUT2D eigenvalue weighted by Gasteiger charge is 2.42. The third-order valence-corrected chi connectivity index (χ3v) is 6.58. The monoisotopic (exact) mass is 331 g/mol. The maximum Gasteiger partial charge on any atom is 0.263 e. The molecule has 0 radical (unpaired) electrons. The van der Waals surface area contributed by atoms with Gasteiger partial charge in [0, 0.05) is 6.04 Å². The van der Waals surface area contributed by atoms with Crippen LogP contribution in [0.4, 0.5) is 0 Å². The lowest BCUT2D eigenvalue weighted by atomic mass is 9.84. The zero-order valence-electron chi connectivity index (χ0n) is 13.4. The van der Waals surface area contributed by atoms with Crippen molar-refractivity contribution in [3.63, 3.8) is 0 Å². The molecule has 2 bridgehead atoms. The third kappa shape index (κ3) is 2.67. The van der Waals surface area contributed by atoms with Gasteiger partial charge in [-0.15, -0.1) is 11.3 Å². The van der Waals surface area contributed by atoms with Gasteiger partial charge in [-0.1, -0.05) is 6.42 Å². The first-order valence-corrected chi connectivity index (χ1v) is 9.07. The Balaban J connectivity index is 1.47. The molecule has 2 aliphatic rings. The molecule has 6 nitrogen and oxygen atoms in total. The van der Waals surface area contributed by atoms with E-state index < -0.39 is 0 Å². The summed E-state index contributed by atoms with van der Waals surface area (Å²) in [6, 6.07) is 0.230. The number of fused-ring (bicyclic) bond motifs is 2. The SMILES string of the molecule is Cc1nc(-c2ncn[nH]2)sc1C(=O)N[C@H](C)[C@H]1C[C@H]2CC[C@H]1C2. The lowest BCUT2D eigenvalue weighted by molar-refractivity contribution is 0.0918. The number of H-pyrrole nitrogens is 1. The van der Waals surface area contributed by atoms with Gasteiger partial charge >= 0.3 is 0 Å². The van der Waals surface area contributed by atoms with Crippen LogP contribution in [-0.2, 0) is 0 Å². The van der Waals surface area contributed by atoms with E-state index in [0.29, 0.717) is 21.6 Å². The van der Waals surface area contributed by atoms with Crippen LogP contribution in [0.5, 0.6) is 0 Å². The van der Waals surface area contributed by atoms with Crippen LogP contribution in [0.1, 0.15) is 48.0 Å². The smallest absolute Gasteiger partial charge is 0.263 e. The van der Waals surface area contributed by atoms with Gasteiger partial charge in [0.2, 0.25) is 0 Å². The van der Waals surface area contributed by atoms with Gasteiger partial charge in [0.15, 0.2) is 10.8 Å². The average Bonchev–Trinajstić information content (AvgIpc) is 3.30. The van der Waals surface area contributed by atoms with Gasteiger partial charge in [-0.25, -0.2) is 9.97 Å². The molecule has 0 aromatic carbocycles. The van der Waals surface area contributed by atoms with Crippen molar-refractivity contribution >= 4 is 17.2 Å². The Morgan fingerprint density at radius 3 is 2.96 bits per heavy atom. The fourth-order valence-electron chi connectivity index (χ4n) is 4.30. The van der Waals surface area contributed by atoms with Gasteiger partial charge in [-0.2, -0.15) is 5.10 Å². The van der Waals surface area contributed by atoms with Crippen molar-refractivity contribution in [2.45, 2.75) is 45.6 Å². The van der Waals surface area contributed by atoms with Crippen LogP contribution >= 0.6 is 11.3 Å². The van der Waals surface area contributed by atoms with E-state index in [2.05, 4.69) is 32.4 Å². The van der Waals surface area contributed by atoms with E-state index in [4.69, 9.17) is 0 Å². The van der Waals surface area contributed by atoms with E-state index in [1.807, 2.05) is 6.92 Å². The lowest BCUT2D eigenvalue weighted by Crippen LogP contribution is -2.40. The van der Waals surface area contributed by atoms with Crippen molar-refractivity contribution < 1.29 is 4.79 Å². The van der Waals surface area contributed by atoms with Crippen molar-refractivity contribution in [3.8, 4) is 10.8 Å². The molecule has 0 aliphatic heterocycles. The Labute approximate surface area is 139 Å². The summed E-state index contributed by atoms with van der Waals surface area (Å²) in [4.78, 5) is 21.8. The van der Waals surface area contributed by atoms with Crippen LogP contribution in [-0.4, -0.2) is 32.1 Å². The average molecular weight is 331 g/mol. The molecule has 2 aromatic heterocycles. The van der Waals surface area contributed by atoms with Crippen molar-refractivity contribution in [2.75, 3.05) is 0 Å². The molecule has 4 atom stereocenters. The first-order chi connectivity index (χ1) is 11.1. The number of aromatic nitrogens is 4. The molecule has 2 aromatic rings. The number of rotatable bonds is 4. The van der Waals surface area contributed by atoms with Gasteiger partial charge in [-0.3, -0.25) is 9.89 Å². The van der Waals surface area contributed by atoms with Crippen molar-refractivity contribution in [1.29, 1.82) is 0 Å². The third-order valence-electron chi connectivity index (χ3n) is 5.41. The molecule has 2 N–H and O–H groups in total. The lowest BCUT2D eigenvalue weighted by Gasteiger charge is -2.28. The second-order valence-electron chi connectivity index (χ2n) is 6.87. The first kappa shape index (κ1) is 14.8. The summed E-state index contributed by atoms with van der Waals surface area (Å²) in [6.07, 6.45) is 6.81. The minimum Gasteiger partial charge on any atom is -0.349 e. The number of hydrogen-bond donors (Lipinski definition) is 2. The van der Waals surface area contributed by atoms with E-state index in [9.17, 15) is 4.79 Å². The summed E-state index contributed by atoms with van der Waals surface area (Å²) in [6.45, 7) is 4.02. The van der Waals surface area contributed by atoms with Crippen LogP contribution in [0.3, 0.4) is 0 Å². The molecule has 23 heavy (non-hydrogen) atoms. The van der Waals surface area contributed by atoms with Crippen LogP contribution < -0.4 is 5.32 Å². The fourth-order valence-corrected chi connectivity index (χ4v) is 5.22. The van der Waals surface area contributed by atoms with Crippen molar-refractivity contribution in [1.82, 2.24) is 25.5 Å². The van der Waals surface area contributed by atoms with E-state index in [1.54, 1.807) is 0 Å². The normalized spacial score (nSPS) is 27.3. The Kier molecular flexibility index (Phi) is 3.67. The highest BCUT2D eigenvalue weighted by molar-refractivity contribution is 7.17. The number of amides is 1. The molecule has 2 heterocycles. The molecular weight excluding hydrogens is 310 g/mol. The van der Waals surface area contributed by atoms with Crippen LogP contribution in [0.25, 0.3) is 10.8 Å². The maximum atomic E-state index is 12.6. The molecule has 0 unspecified atom stereocenters. The first-order valence-electron chi connectivity index (χ1n) is 8.26. The summed E-state index contributed by atoms with van der Waals surface area (Å²) in [5, 5.41) is 10.5. The number of carbonyl (C=O) groups excluding carboxylic acids is 1. The van der Waals surface area contributed by atoms with Crippen LogP contribution in [0.15, 0.2) is 6.33 Å². The number of carbonyl (C=O) groups is 1. The molecule has 1 amide bonds. The zero-order valence-corrected chi connectivity index (χ0v) is 14.2. The summed E-state index contributed by atoms with van der Waals surface area (Å²) in [7, 11) is 0. The van der Waals surface area contributed by atoms with Gasteiger partial charge in [0.05, 0.1) is 5.69 Å². The molecule has 122 valence electrons. The van der Waals surface area contributed by atoms with Gasteiger partial charge in [0.25, 0.3) is 5.91 Å². The predicted octanol–water partition coefficient (Wildman–Crippen LogP) is 2.79. The minimum absolute atomic E-state index is 0.0129. The van der Waals surface area contributed by atoms with Crippen molar-refractivity contribution in [3.05, 3.63) is 16.9 Å². The summed E-state index contributed by atoms with van der Waals surface area (Å²) < 4.78 is 0. The summed E-state index contributed by atoms with van der Waals surface area (Å²) in [5.74, 6) is 2.94. The fraction of sp³-hybridized carbons (Fsp3) is 0.625. The second-order valence-corrected chi connectivity index (χ2v) is 7.87. The van der Waals surface area contributed by atoms with E-state index in [0.717, 1.165) is 17.5 Å². The maximum absolute atomic E-state index is 12.6.